The predicted molar refractivity (Wildman–Crippen MR) is 57.2 cm³/mol. The van der Waals surface area contributed by atoms with Crippen LogP contribution in [-0.4, -0.2) is 50.6 Å². The lowest BCUT2D eigenvalue weighted by Crippen LogP contribution is -2.36. The first-order valence-electron chi connectivity index (χ1n) is 5.33. The number of carbonyl (C=O) groups excluding carboxylic acids is 1. The zero-order valence-corrected chi connectivity index (χ0v) is 9.18. The van der Waals surface area contributed by atoms with Gasteiger partial charge in [0.25, 0.3) is 0 Å². The van der Waals surface area contributed by atoms with Crippen LogP contribution in [-0.2, 0) is 4.79 Å². The quantitative estimate of drug-likeness (QED) is 0.659. The summed E-state index contributed by atoms with van der Waals surface area (Å²) in [6.07, 6.45) is 2.82. The fourth-order valence-corrected chi connectivity index (χ4v) is 1.64. The molecule has 1 heterocycles. The zero-order chi connectivity index (χ0) is 10.4. The molecule has 0 saturated carbocycles. The minimum atomic E-state index is 0.185. The number of amides is 1. The Labute approximate surface area is 86.0 Å². The number of rotatable bonds is 4. The molecular formula is C10H21N3O. The molecule has 1 atom stereocenters. The highest BCUT2D eigenvalue weighted by atomic mass is 16.1. The number of nitrogens with one attached hydrogen (secondary N) is 2. The van der Waals surface area contributed by atoms with Gasteiger partial charge in [-0.1, -0.05) is 0 Å². The molecular weight excluding hydrogens is 178 g/mol. The molecule has 0 aromatic carbocycles. The lowest BCUT2D eigenvalue weighted by atomic mass is 10.1. The second-order valence-electron chi connectivity index (χ2n) is 4.15. The van der Waals surface area contributed by atoms with Gasteiger partial charge in [-0.05, 0) is 26.9 Å². The number of likely N-dealkylation sites (N-methyl/N-ethyl adjacent to an activating group) is 1. The van der Waals surface area contributed by atoms with Crippen LogP contribution in [0.4, 0.5) is 0 Å². The Hall–Kier alpha value is -0.610. The first-order chi connectivity index (χ1) is 6.68. The maximum absolute atomic E-state index is 11.2. The monoisotopic (exact) mass is 199 g/mol. The van der Waals surface area contributed by atoms with Crippen LogP contribution in [0, 0.1) is 0 Å². The molecule has 1 unspecified atom stereocenters. The molecule has 0 bridgehead atoms. The molecule has 1 amide bonds. The average molecular weight is 199 g/mol. The third kappa shape index (κ3) is 4.58. The first-order valence-corrected chi connectivity index (χ1v) is 5.33. The number of carbonyl (C=O) groups is 1. The van der Waals surface area contributed by atoms with Crippen molar-refractivity contribution >= 4 is 5.91 Å². The summed E-state index contributed by atoms with van der Waals surface area (Å²) in [6.45, 7) is 2.83. The second-order valence-corrected chi connectivity index (χ2v) is 4.15. The van der Waals surface area contributed by atoms with Crippen molar-refractivity contribution in [3.05, 3.63) is 0 Å². The molecule has 4 nitrogen and oxygen atoms in total. The fourth-order valence-electron chi connectivity index (χ4n) is 1.64. The van der Waals surface area contributed by atoms with Gasteiger partial charge in [0.05, 0.1) is 0 Å². The number of hydrogen-bond acceptors (Lipinski definition) is 3. The van der Waals surface area contributed by atoms with Gasteiger partial charge in [0, 0.05) is 32.1 Å². The third-order valence-corrected chi connectivity index (χ3v) is 2.48. The molecule has 4 heteroatoms. The Balaban J connectivity index is 2.18. The van der Waals surface area contributed by atoms with Crippen LogP contribution in [0.5, 0.6) is 0 Å². The zero-order valence-electron chi connectivity index (χ0n) is 9.18. The van der Waals surface area contributed by atoms with Gasteiger partial charge in [0.15, 0.2) is 0 Å². The third-order valence-electron chi connectivity index (χ3n) is 2.48. The molecule has 0 spiro atoms. The van der Waals surface area contributed by atoms with Crippen molar-refractivity contribution in [2.24, 2.45) is 0 Å². The van der Waals surface area contributed by atoms with Gasteiger partial charge in [-0.15, -0.1) is 0 Å². The van der Waals surface area contributed by atoms with Gasteiger partial charge in [-0.25, -0.2) is 0 Å². The van der Waals surface area contributed by atoms with Crippen molar-refractivity contribution < 1.29 is 4.79 Å². The van der Waals surface area contributed by atoms with E-state index in [2.05, 4.69) is 29.6 Å². The van der Waals surface area contributed by atoms with E-state index in [0.29, 0.717) is 12.5 Å². The molecule has 1 aliphatic heterocycles. The van der Waals surface area contributed by atoms with Gasteiger partial charge in [0.2, 0.25) is 5.91 Å². The molecule has 1 aliphatic rings. The van der Waals surface area contributed by atoms with Crippen LogP contribution < -0.4 is 10.6 Å². The first kappa shape index (κ1) is 11.5. The summed E-state index contributed by atoms with van der Waals surface area (Å²) in [7, 11) is 4.11. The predicted octanol–water partition coefficient (Wildman–Crippen LogP) is -0.194. The Morgan fingerprint density at radius 2 is 2.36 bits per heavy atom. The summed E-state index contributed by atoms with van der Waals surface area (Å²) in [5.74, 6) is 0.185. The van der Waals surface area contributed by atoms with Gasteiger partial charge >= 0.3 is 0 Å². The van der Waals surface area contributed by atoms with Crippen molar-refractivity contribution in [2.45, 2.75) is 25.3 Å². The summed E-state index contributed by atoms with van der Waals surface area (Å²) < 4.78 is 0. The van der Waals surface area contributed by atoms with E-state index in [9.17, 15) is 4.79 Å². The summed E-state index contributed by atoms with van der Waals surface area (Å²) in [5.41, 5.74) is 0. The van der Waals surface area contributed by atoms with E-state index in [4.69, 9.17) is 0 Å². The Morgan fingerprint density at radius 3 is 3.07 bits per heavy atom. The minimum Gasteiger partial charge on any atom is -0.356 e. The molecule has 82 valence electrons. The summed E-state index contributed by atoms with van der Waals surface area (Å²) in [4.78, 5) is 13.4. The Morgan fingerprint density at radius 1 is 1.57 bits per heavy atom. The highest BCUT2D eigenvalue weighted by molar-refractivity contribution is 5.76. The molecule has 0 radical (unpaired) electrons. The molecule has 0 aromatic rings. The number of hydrogen-bond donors (Lipinski definition) is 2. The standard InChI is InChI=1S/C10H21N3O/c1-13(2)7-6-11-9-4-3-5-12-10(14)8-9/h9,11H,3-8H2,1-2H3,(H,12,14). The largest absolute Gasteiger partial charge is 0.356 e. The minimum absolute atomic E-state index is 0.185. The SMILES string of the molecule is CN(C)CCNC1CCCNC(=O)C1. The van der Waals surface area contributed by atoms with E-state index in [-0.39, 0.29) is 5.91 Å². The normalized spacial score (nSPS) is 23.4. The van der Waals surface area contributed by atoms with Crippen LogP contribution in [0.15, 0.2) is 0 Å². The van der Waals surface area contributed by atoms with Crippen LogP contribution in [0.2, 0.25) is 0 Å². The van der Waals surface area contributed by atoms with Crippen LogP contribution in [0.1, 0.15) is 19.3 Å². The smallest absolute Gasteiger partial charge is 0.221 e. The fraction of sp³-hybridized carbons (Fsp3) is 0.900. The van der Waals surface area contributed by atoms with Crippen molar-refractivity contribution in [3.63, 3.8) is 0 Å². The van der Waals surface area contributed by atoms with Crippen molar-refractivity contribution in [3.8, 4) is 0 Å². The van der Waals surface area contributed by atoms with Crippen molar-refractivity contribution in [2.75, 3.05) is 33.7 Å². The second kappa shape index (κ2) is 5.98. The van der Waals surface area contributed by atoms with E-state index >= 15 is 0 Å². The molecule has 1 saturated heterocycles. The maximum atomic E-state index is 11.2. The molecule has 0 aliphatic carbocycles. The van der Waals surface area contributed by atoms with E-state index < -0.39 is 0 Å². The summed E-state index contributed by atoms with van der Waals surface area (Å²) in [6, 6.07) is 0.373. The topological polar surface area (TPSA) is 44.4 Å². The average Bonchev–Trinajstić information content (AvgIpc) is 2.29. The number of nitrogens with zero attached hydrogens (tertiary/aromatic N) is 1. The lowest BCUT2D eigenvalue weighted by Gasteiger charge is -2.17. The summed E-state index contributed by atoms with van der Waals surface area (Å²) in [5, 5.41) is 6.31. The van der Waals surface area contributed by atoms with E-state index in [0.717, 1.165) is 32.5 Å². The van der Waals surface area contributed by atoms with Crippen molar-refractivity contribution in [1.82, 2.24) is 15.5 Å². The lowest BCUT2D eigenvalue weighted by molar-refractivity contribution is -0.121. The van der Waals surface area contributed by atoms with E-state index in [1.165, 1.54) is 0 Å². The van der Waals surface area contributed by atoms with Gasteiger partial charge in [0.1, 0.15) is 0 Å². The van der Waals surface area contributed by atoms with Crippen molar-refractivity contribution in [1.29, 1.82) is 0 Å². The molecule has 2 N–H and O–H groups in total. The molecule has 0 aromatic heterocycles. The Bertz CT molecular complexity index is 182. The van der Waals surface area contributed by atoms with Gasteiger partial charge in [-0.3, -0.25) is 4.79 Å². The highest BCUT2D eigenvalue weighted by Gasteiger charge is 2.16. The van der Waals surface area contributed by atoms with Crippen LogP contribution in [0.25, 0.3) is 0 Å². The highest BCUT2D eigenvalue weighted by Crippen LogP contribution is 2.05. The molecule has 1 rings (SSSR count). The van der Waals surface area contributed by atoms with E-state index in [1.54, 1.807) is 0 Å². The molecule has 14 heavy (non-hydrogen) atoms. The van der Waals surface area contributed by atoms with E-state index in [1.807, 2.05) is 0 Å². The van der Waals surface area contributed by atoms with Gasteiger partial charge in [-0.2, -0.15) is 0 Å². The Kier molecular flexibility index (Phi) is 4.90. The van der Waals surface area contributed by atoms with Crippen LogP contribution in [0.3, 0.4) is 0 Å². The maximum Gasteiger partial charge on any atom is 0.221 e. The van der Waals surface area contributed by atoms with Crippen LogP contribution >= 0.6 is 0 Å². The molecule has 1 fully saturated rings. The van der Waals surface area contributed by atoms with Gasteiger partial charge < -0.3 is 15.5 Å². The summed E-state index contributed by atoms with van der Waals surface area (Å²) >= 11 is 0.